The smallest absolute Gasteiger partial charge is 0.138 e. The molecule has 1 aliphatic rings. The quantitative estimate of drug-likeness (QED) is 0.472. The maximum Gasteiger partial charge on any atom is 0.138 e. The molecular formula is C11H13IN4. The first-order chi connectivity index (χ1) is 7.56. The topological polar surface area (TPSA) is 65.5 Å². The van der Waals surface area contributed by atoms with Crippen LogP contribution < -0.4 is 5.73 Å². The highest BCUT2D eigenvalue weighted by Gasteiger charge is 2.29. The van der Waals surface area contributed by atoms with Crippen LogP contribution in [0.1, 0.15) is 13.3 Å². The minimum absolute atomic E-state index is 0.118. The third-order valence-corrected chi connectivity index (χ3v) is 3.15. The summed E-state index contributed by atoms with van der Waals surface area (Å²) >= 11 is 2.11. The van der Waals surface area contributed by atoms with Gasteiger partial charge in [0.2, 0.25) is 0 Å². The van der Waals surface area contributed by atoms with Crippen LogP contribution in [0, 0.1) is 17.8 Å². The monoisotopic (exact) mass is 328 g/mol. The van der Waals surface area contributed by atoms with Gasteiger partial charge in [-0.3, -0.25) is 5.41 Å². The molecule has 0 amide bonds. The number of amidine groups is 1. The van der Waals surface area contributed by atoms with Gasteiger partial charge in [-0.25, -0.2) is 4.99 Å². The summed E-state index contributed by atoms with van der Waals surface area (Å²) in [6.45, 7) is 5.35. The first-order valence-electron chi connectivity index (χ1n) is 4.74. The Bertz CT molecular complexity index is 428. The predicted molar refractivity (Wildman–Crippen MR) is 75.3 cm³/mol. The van der Waals surface area contributed by atoms with Crippen LogP contribution in [0.3, 0.4) is 0 Å². The average molecular weight is 328 g/mol. The van der Waals surface area contributed by atoms with Gasteiger partial charge in [-0.1, -0.05) is 12.8 Å². The second-order valence-corrected chi connectivity index (χ2v) is 4.40. The molecule has 16 heavy (non-hydrogen) atoms. The molecule has 3 N–H and O–H groups in total. The van der Waals surface area contributed by atoms with Crippen molar-refractivity contribution in [3.8, 4) is 12.3 Å². The SMILES string of the molecule is C#CC(CC)N1C=C(I)/C(=C(\N)N=C)C1=N. The summed E-state index contributed by atoms with van der Waals surface area (Å²) in [5.74, 6) is 3.20. The van der Waals surface area contributed by atoms with Gasteiger partial charge < -0.3 is 10.6 Å². The number of rotatable bonds is 3. The molecule has 5 heteroatoms. The molecule has 4 nitrogen and oxygen atoms in total. The lowest BCUT2D eigenvalue weighted by atomic mass is 10.2. The Morgan fingerprint density at radius 1 is 1.88 bits per heavy atom. The van der Waals surface area contributed by atoms with Crippen molar-refractivity contribution in [1.29, 1.82) is 5.41 Å². The third-order valence-electron chi connectivity index (χ3n) is 2.33. The molecular weight excluding hydrogens is 315 g/mol. The molecule has 1 atom stereocenters. The van der Waals surface area contributed by atoms with Gasteiger partial charge in [0.1, 0.15) is 11.7 Å². The third kappa shape index (κ3) is 2.11. The van der Waals surface area contributed by atoms with Crippen LogP contribution in [0.25, 0.3) is 0 Å². The fraction of sp³-hybridized carbons (Fsp3) is 0.273. The van der Waals surface area contributed by atoms with Crippen LogP contribution in [0.15, 0.2) is 26.2 Å². The molecule has 0 aromatic carbocycles. The lowest BCUT2D eigenvalue weighted by molar-refractivity contribution is 0.474. The van der Waals surface area contributed by atoms with Crippen LogP contribution in [0.5, 0.6) is 0 Å². The Morgan fingerprint density at radius 3 is 2.94 bits per heavy atom. The Hall–Kier alpha value is -1.29. The average Bonchev–Trinajstić information content (AvgIpc) is 2.56. The number of nitrogens with one attached hydrogen (secondary N) is 1. The van der Waals surface area contributed by atoms with Crippen molar-refractivity contribution in [2.24, 2.45) is 10.7 Å². The van der Waals surface area contributed by atoms with Crippen molar-refractivity contribution in [1.82, 2.24) is 4.90 Å². The summed E-state index contributed by atoms with van der Waals surface area (Å²) in [7, 11) is 0. The highest BCUT2D eigenvalue weighted by atomic mass is 127. The largest absolute Gasteiger partial charge is 0.383 e. The molecule has 0 aromatic rings. The van der Waals surface area contributed by atoms with Crippen molar-refractivity contribution in [3.63, 3.8) is 0 Å². The maximum absolute atomic E-state index is 8.01. The summed E-state index contributed by atoms with van der Waals surface area (Å²) in [4.78, 5) is 5.39. The highest BCUT2D eigenvalue weighted by Crippen LogP contribution is 2.31. The number of hydrogen-bond donors (Lipinski definition) is 2. The van der Waals surface area contributed by atoms with Crippen LogP contribution in [0.4, 0.5) is 0 Å². The molecule has 0 saturated carbocycles. The molecule has 1 heterocycles. The number of terminal acetylenes is 1. The fourth-order valence-electron chi connectivity index (χ4n) is 1.46. The number of hydrogen-bond acceptors (Lipinski definition) is 3. The Morgan fingerprint density at radius 2 is 2.50 bits per heavy atom. The molecule has 0 saturated heterocycles. The van der Waals surface area contributed by atoms with E-state index >= 15 is 0 Å². The summed E-state index contributed by atoms with van der Waals surface area (Å²) < 4.78 is 0.862. The number of aliphatic imine (C=N–C) groups is 1. The molecule has 0 bridgehead atoms. The van der Waals surface area contributed by atoms with E-state index in [9.17, 15) is 0 Å². The van der Waals surface area contributed by atoms with E-state index in [0.717, 1.165) is 10.0 Å². The van der Waals surface area contributed by atoms with Gasteiger partial charge >= 0.3 is 0 Å². The van der Waals surface area contributed by atoms with E-state index in [1.165, 1.54) is 0 Å². The van der Waals surface area contributed by atoms with Crippen LogP contribution in [0.2, 0.25) is 0 Å². The standard InChI is InChI=1S/C11H13IN4/c1-4-7(5-2)16-6-8(12)9(11(16)14)10(13)15-3/h1,6-7,14H,3,5,13H2,2H3/b10-9-,14-11?. The van der Waals surface area contributed by atoms with Gasteiger partial charge in [0.15, 0.2) is 0 Å². The lowest BCUT2D eigenvalue weighted by Crippen LogP contribution is -2.32. The van der Waals surface area contributed by atoms with Crippen molar-refractivity contribution in [2.75, 3.05) is 0 Å². The predicted octanol–water partition coefficient (Wildman–Crippen LogP) is 1.84. The Balaban J connectivity index is 3.14. The van der Waals surface area contributed by atoms with Gasteiger partial charge in [0.25, 0.3) is 0 Å². The molecule has 1 rings (SSSR count). The summed E-state index contributed by atoms with van der Waals surface area (Å²) in [5.41, 5.74) is 6.29. The van der Waals surface area contributed by atoms with Crippen LogP contribution >= 0.6 is 22.6 Å². The fourth-order valence-corrected chi connectivity index (χ4v) is 2.29. The molecule has 84 valence electrons. The van der Waals surface area contributed by atoms with Crippen molar-refractivity contribution >= 4 is 35.1 Å². The second kappa shape index (κ2) is 5.16. The van der Waals surface area contributed by atoms with Crippen molar-refractivity contribution in [3.05, 3.63) is 21.2 Å². The van der Waals surface area contributed by atoms with Gasteiger partial charge in [0.05, 0.1) is 11.6 Å². The molecule has 0 aliphatic carbocycles. The first-order valence-corrected chi connectivity index (χ1v) is 5.82. The van der Waals surface area contributed by atoms with E-state index in [1.54, 1.807) is 4.90 Å². The minimum atomic E-state index is -0.118. The Kier molecular flexibility index (Phi) is 4.12. The molecule has 1 unspecified atom stereocenters. The normalized spacial score (nSPS) is 20.2. The maximum atomic E-state index is 8.01. The van der Waals surface area contributed by atoms with E-state index in [0.29, 0.717) is 11.4 Å². The van der Waals surface area contributed by atoms with Crippen LogP contribution in [-0.4, -0.2) is 23.5 Å². The zero-order chi connectivity index (χ0) is 12.3. The second-order valence-electron chi connectivity index (χ2n) is 3.24. The van der Waals surface area contributed by atoms with Crippen LogP contribution in [-0.2, 0) is 0 Å². The molecule has 0 radical (unpaired) electrons. The van der Waals surface area contributed by atoms with E-state index in [4.69, 9.17) is 17.6 Å². The minimum Gasteiger partial charge on any atom is -0.383 e. The van der Waals surface area contributed by atoms with E-state index < -0.39 is 0 Å². The molecule has 0 spiro atoms. The first kappa shape index (κ1) is 12.8. The summed E-state index contributed by atoms with van der Waals surface area (Å²) in [5, 5.41) is 8.01. The van der Waals surface area contributed by atoms with E-state index in [2.05, 4.69) is 40.2 Å². The van der Waals surface area contributed by atoms with Gasteiger partial charge in [-0.2, -0.15) is 0 Å². The number of nitrogens with zero attached hydrogens (tertiary/aromatic N) is 2. The van der Waals surface area contributed by atoms with Crippen molar-refractivity contribution in [2.45, 2.75) is 19.4 Å². The molecule has 0 aromatic heterocycles. The summed E-state index contributed by atoms with van der Waals surface area (Å²) in [6, 6.07) is -0.118. The number of halogens is 1. The lowest BCUT2D eigenvalue weighted by Gasteiger charge is -2.22. The van der Waals surface area contributed by atoms with E-state index in [1.807, 2.05) is 13.1 Å². The van der Waals surface area contributed by atoms with Gasteiger partial charge in [-0.05, 0) is 35.7 Å². The van der Waals surface area contributed by atoms with Gasteiger partial charge in [0, 0.05) is 9.78 Å². The zero-order valence-electron chi connectivity index (χ0n) is 9.00. The molecule has 1 aliphatic heterocycles. The molecule has 0 fully saturated rings. The van der Waals surface area contributed by atoms with Gasteiger partial charge in [-0.15, -0.1) is 6.42 Å². The Labute approximate surface area is 109 Å². The van der Waals surface area contributed by atoms with Crippen molar-refractivity contribution < 1.29 is 0 Å². The summed E-state index contributed by atoms with van der Waals surface area (Å²) in [6.07, 6.45) is 8.02. The zero-order valence-corrected chi connectivity index (χ0v) is 11.2. The number of nitrogens with two attached hydrogens (primary N) is 1. The van der Waals surface area contributed by atoms with E-state index in [-0.39, 0.29) is 11.9 Å². The highest BCUT2D eigenvalue weighted by molar-refractivity contribution is 14.1.